The predicted octanol–water partition coefficient (Wildman–Crippen LogP) is 1.72. The van der Waals surface area contributed by atoms with Crippen LogP contribution in [0.2, 0.25) is 0 Å². The molecule has 0 bridgehead atoms. The summed E-state index contributed by atoms with van der Waals surface area (Å²) in [5.41, 5.74) is 1.65. The van der Waals surface area contributed by atoms with Crippen LogP contribution in [0.1, 0.15) is 31.2 Å². The molecule has 2 rings (SSSR count). The number of nitrogens with one attached hydrogen (secondary N) is 1. The Bertz CT molecular complexity index is 309. The molecule has 88 valence electrons. The molecule has 16 heavy (non-hydrogen) atoms. The van der Waals surface area contributed by atoms with Crippen LogP contribution in [-0.2, 0) is 6.54 Å². The molecule has 0 saturated heterocycles. The number of aliphatic hydroxyl groups is 1. The first kappa shape index (κ1) is 11.6. The summed E-state index contributed by atoms with van der Waals surface area (Å²) in [4.78, 5) is 4.00. The second-order valence-corrected chi connectivity index (χ2v) is 4.79. The van der Waals surface area contributed by atoms with Crippen molar-refractivity contribution in [1.29, 1.82) is 0 Å². The number of nitrogens with zero attached hydrogens (tertiary/aromatic N) is 1. The molecule has 3 heteroatoms. The number of hydrogen-bond acceptors (Lipinski definition) is 3. The quantitative estimate of drug-likeness (QED) is 0.767. The van der Waals surface area contributed by atoms with Crippen LogP contribution in [0.4, 0.5) is 0 Å². The van der Waals surface area contributed by atoms with Crippen LogP contribution in [0.25, 0.3) is 0 Å². The predicted molar refractivity (Wildman–Crippen MR) is 63.9 cm³/mol. The second kappa shape index (κ2) is 5.41. The standard InChI is InChI=1S/C13H20N2O/c16-9-6-13(4-1-5-13)11-15-10-12-2-7-14-8-3-12/h2-3,7-8,15-16H,1,4-6,9-11H2. The topological polar surface area (TPSA) is 45.1 Å². The highest BCUT2D eigenvalue weighted by Crippen LogP contribution is 2.43. The number of hydrogen-bond donors (Lipinski definition) is 2. The lowest BCUT2D eigenvalue weighted by atomic mass is 9.67. The van der Waals surface area contributed by atoms with Gasteiger partial charge in [-0.1, -0.05) is 6.42 Å². The van der Waals surface area contributed by atoms with Gasteiger partial charge in [-0.2, -0.15) is 0 Å². The van der Waals surface area contributed by atoms with E-state index in [1.165, 1.54) is 24.8 Å². The van der Waals surface area contributed by atoms with Crippen molar-refractivity contribution in [2.24, 2.45) is 5.41 Å². The Morgan fingerprint density at radius 1 is 1.31 bits per heavy atom. The van der Waals surface area contributed by atoms with Crippen molar-refractivity contribution in [1.82, 2.24) is 10.3 Å². The van der Waals surface area contributed by atoms with Crippen molar-refractivity contribution >= 4 is 0 Å². The first-order chi connectivity index (χ1) is 7.85. The first-order valence-electron chi connectivity index (χ1n) is 6.05. The molecule has 1 fully saturated rings. The lowest BCUT2D eigenvalue weighted by Gasteiger charge is -2.42. The SMILES string of the molecule is OCCC1(CNCc2ccncc2)CCC1. The van der Waals surface area contributed by atoms with E-state index in [2.05, 4.69) is 10.3 Å². The molecule has 0 radical (unpaired) electrons. The summed E-state index contributed by atoms with van der Waals surface area (Å²) >= 11 is 0. The van der Waals surface area contributed by atoms with Crippen LogP contribution in [0.5, 0.6) is 0 Å². The van der Waals surface area contributed by atoms with Gasteiger partial charge in [0.25, 0.3) is 0 Å². The summed E-state index contributed by atoms with van der Waals surface area (Å²) in [6.45, 7) is 2.24. The summed E-state index contributed by atoms with van der Waals surface area (Å²) in [5, 5.41) is 12.5. The highest BCUT2D eigenvalue weighted by Gasteiger charge is 2.35. The van der Waals surface area contributed by atoms with Crippen molar-refractivity contribution < 1.29 is 5.11 Å². The Hall–Kier alpha value is -0.930. The molecule has 1 aromatic rings. The number of pyridine rings is 1. The molecule has 1 aromatic heterocycles. The van der Waals surface area contributed by atoms with E-state index in [0.717, 1.165) is 19.5 Å². The third-order valence-corrected chi connectivity index (χ3v) is 3.63. The van der Waals surface area contributed by atoms with E-state index in [1.54, 1.807) is 0 Å². The second-order valence-electron chi connectivity index (χ2n) is 4.79. The average molecular weight is 220 g/mol. The van der Waals surface area contributed by atoms with Crippen LogP contribution >= 0.6 is 0 Å². The maximum absolute atomic E-state index is 9.05. The van der Waals surface area contributed by atoms with Crippen molar-refractivity contribution in [2.75, 3.05) is 13.2 Å². The Morgan fingerprint density at radius 2 is 2.06 bits per heavy atom. The fourth-order valence-corrected chi connectivity index (χ4v) is 2.40. The fraction of sp³-hybridized carbons (Fsp3) is 0.615. The fourth-order valence-electron chi connectivity index (χ4n) is 2.40. The van der Waals surface area contributed by atoms with E-state index in [9.17, 15) is 0 Å². The van der Waals surface area contributed by atoms with Gasteiger partial charge in [0.2, 0.25) is 0 Å². The monoisotopic (exact) mass is 220 g/mol. The van der Waals surface area contributed by atoms with E-state index in [4.69, 9.17) is 5.11 Å². The zero-order valence-electron chi connectivity index (χ0n) is 9.65. The molecule has 1 aliphatic rings. The van der Waals surface area contributed by atoms with E-state index in [1.807, 2.05) is 24.5 Å². The van der Waals surface area contributed by atoms with Gasteiger partial charge < -0.3 is 10.4 Å². The molecule has 3 nitrogen and oxygen atoms in total. The van der Waals surface area contributed by atoms with E-state index < -0.39 is 0 Å². The van der Waals surface area contributed by atoms with Crippen molar-refractivity contribution in [3.8, 4) is 0 Å². The van der Waals surface area contributed by atoms with Gasteiger partial charge in [0.15, 0.2) is 0 Å². The molecule has 0 unspecified atom stereocenters. The van der Waals surface area contributed by atoms with Gasteiger partial charge in [0, 0.05) is 32.1 Å². The Morgan fingerprint density at radius 3 is 2.62 bits per heavy atom. The number of aromatic nitrogens is 1. The molecule has 0 aliphatic heterocycles. The van der Waals surface area contributed by atoms with Gasteiger partial charge in [0.05, 0.1) is 0 Å². The van der Waals surface area contributed by atoms with E-state index >= 15 is 0 Å². The Kier molecular flexibility index (Phi) is 3.91. The van der Waals surface area contributed by atoms with Gasteiger partial charge in [-0.3, -0.25) is 4.98 Å². The Balaban J connectivity index is 1.75. The van der Waals surface area contributed by atoms with Crippen molar-refractivity contribution in [2.45, 2.75) is 32.2 Å². The third kappa shape index (κ3) is 2.80. The molecule has 2 N–H and O–H groups in total. The third-order valence-electron chi connectivity index (χ3n) is 3.63. The molecule has 1 aliphatic carbocycles. The van der Waals surface area contributed by atoms with Crippen LogP contribution in [0.3, 0.4) is 0 Å². The van der Waals surface area contributed by atoms with Gasteiger partial charge in [0.1, 0.15) is 0 Å². The smallest absolute Gasteiger partial charge is 0.0436 e. The first-order valence-corrected chi connectivity index (χ1v) is 6.05. The summed E-state index contributed by atoms with van der Waals surface area (Å²) in [7, 11) is 0. The maximum atomic E-state index is 9.05. The van der Waals surface area contributed by atoms with Gasteiger partial charge >= 0.3 is 0 Å². The summed E-state index contributed by atoms with van der Waals surface area (Å²) in [6, 6.07) is 4.07. The minimum absolute atomic E-state index is 0.316. The lowest BCUT2D eigenvalue weighted by molar-refractivity contribution is 0.0859. The molecule has 0 amide bonds. The van der Waals surface area contributed by atoms with Gasteiger partial charge in [-0.15, -0.1) is 0 Å². The molecule has 0 spiro atoms. The van der Waals surface area contributed by atoms with Crippen LogP contribution in [-0.4, -0.2) is 23.2 Å². The highest BCUT2D eigenvalue weighted by atomic mass is 16.3. The molecule has 1 saturated carbocycles. The number of rotatable bonds is 6. The zero-order valence-corrected chi connectivity index (χ0v) is 9.65. The van der Waals surface area contributed by atoms with Gasteiger partial charge in [-0.05, 0) is 42.4 Å². The molecule has 0 aromatic carbocycles. The summed E-state index contributed by atoms with van der Waals surface area (Å²) in [5.74, 6) is 0. The van der Waals surface area contributed by atoms with Crippen LogP contribution in [0.15, 0.2) is 24.5 Å². The molecule has 1 heterocycles. The lowest BCUT2D eigenvalue weighted by Crippen LogP contribution is -2.40. The van der Waals surface area contributed by atoms with Gasteiger partial charge in [-0.25, -0.2) is 0 Å². The number of aliphatic hydroxyl groups excluding tert-OH is 1. The van der Waals surface area contributed by atoms with E-state index in [-0.39, 0.29) is 0 Å². The minimum Gasteiger partial charge on any atom is -0.396 e. The molecular weight excluding hydrogens is 200 g/mol. The summed E-state index contributed by atoms with van der Waals surface area (Å²) in [6.07, 6.45) is 8.43. The maximum Gasteiger partial charge on any atom is 0.0436 e. The van der Waals surface area contributed by atoms with Crippen LogP contribution < -0.4 is 5.32 Å². The molecular formula is C13H20N2O. The minimum atomic E-state index is 0.316. The average Bonchev–Trinajstić information content (AvgIpc) is 2.27. The van der Waals surface area contributed by atoms with Crippen molar-refractivity contribution in [3.05, 3.63) is 30.1 Å². The van der Waals surface area contributed by atoms with Crippen LogP contribution in [0, 0.1) is 5.41 Å². The zero-order chi connectivity index (χ0) is 11.3. The highest BCUT2D eigenvalue weighted by molar-refractivity contribution is 5.09. The Labute approximate surface area is 96.9 Å². The largest absolute Gasteiger partial charge is 0.396 e. The van der Waals surface area contributed by atoms with Crippen molar-refractivity contribution in [3.63, 3.8) is 0 Å². The molecule has 0 atom stereocenters. The normalized spacial score (nSPS) is 18.1. The van der Waals surface area contributed by atoms with E-state index in [0.29, 0.717) is 12.0 Å². The summed E-state index contributed by atoms with van der Waals surface area (Å²) < 4.78 is 0.